The fourth-order valence-electron chi connectivity index (χ4n) is 2.44. The molecule has 0 aromatic heterocycles. The van der Waals surface area contributed by atoms with Crippen LogP contribution in [0, 0.1) is 0 Å². The molecule has 1 aliphatic heterocycles. The van der Waals surface area contributed by atoms with Crippen LogP contribution in [-0.4, -0.2) is 13.1 Å². The second-order valence-corrected chi connectivity index (χ2v) is 5.08. The van der Waals surface area contributed by atoms with Gasteiger partial charge in [-0.1, -0.05) is 28.1 Å². The zero-order chi connectivity index (χ0) is 10.7. The number of hydrogen-bond acceptors (Lipinski definition) is 2. The molecule has 3 N–H and O–H groups in total. The average molecular weight is 269 g/mol. The van der Waals surface area contributed by atoms with Gasteiger partial charge in [0.05, 0.1) is 0 Å². The molecule has 1 aromatic carbocycles. The van der Waals surface area contributed by atoms with Crippen molar-refractivity contribution in [3.63, 3.8) is 0 Å². The number of halogens is 1. The molecule has 1 aliphatic rings. The summed E-state index contributed by atoms with van der Waals surface area (Å²) in [7, 11) is 0. The van der Waals surface area contributed by atoms with Gasteiger partial charge in [0.1, 0.15) is 0 Å². The SMILES string of the molecule is NCCC1(c2cccc(Br)c2)CCCN1. The van der Waals surface area contributed by atoms with Gasteiger partial charge in [0, 0.05) is 10.0 Å². The van der Waals surface area contributed by atoms with Crippen LogP contribution >= 0.6 is 15.9 Å². The molecule has 0 saturated carbocycles. The van der Waals surface area contributed by atoms with E-state index in [2.05, 4.69) is 45.5 Å². The molecule has 3 heteroatoms. The normalized spacial score (nSPS) is 25.7. The van der Waals surface area contributed by atoms with Crippen LogP contribution in [0.5, 0.6) is 0 Å². The van der Waals surface area contributed by atoms with E-state index in [4.69, 9.17) is 5.73 Å². The highest BCUT2D eigenvalue weighted by molar-refractivity contribution is 9.10. The first-order chi connectivity index (χ1) is 7.27. The Morgan fingerprint density at radius 3 is 2.93 bits per heavy atom. The zero-order valence-corrected chi connectivity index (χ0v) is 10.4. The molecule has 0 aliphatic carbocycles. The highest BCUT2D eigenvalue weighted by Gasteiger charge is 2.34. The van der Waals surface area contributed by atoms with Gasteiger partial charge in [0.15, 0.2) is 0 Å². The van der Waals surface area contributed by atoms with Crippen molar-refractivity contribution in [1.82, 2.24) is 5.32 Å². The van der Waals surface area contributed by atoms with Crippen LogP contribution in [-0.2, 0) is 5.54 Å². The minimum absolute atomic E-state index is 0.124. The van der Waals surface area contributed by atoms with Crippen molar-refractivity contribution < 1.29 is 0 Å². The summed E-state index contributed by atoms with van der Waals surface area (Å²) in [5.41, 5.74) is 7.20. The smallest absolute Gasteiger partial charge is 0.0447 e. The van der Waals surface area contributed by atoms with Crippen LogP contribution in [0.4, 0.5) is 0 Å². The van der Waals surface area contributed by atoms with Crippen molar-refractivity contribution in [2.24, 2.45) is 5.73 Å². The quantitative estimate of drug-likeness (QED) is 0.884. The minimum Gasteiger partial charge on any atom is -0.330 e. The van der Waals surface area contributed by atoms with Crippen LogP contribution < -0.4 is 11.1 Å². The molecule has 0 spiro atoms. The van der Waals surface area contributed by atoms with Gasteiger partial charge in [-0.05, 0) is 50.0 Å². The van der Waals surface area contributed by atoms with E-state index in [9.17, 15) is 0 Å². The maximum Gasteiger partial charge on any atom is 0.0447 e. The first kappa shape index (κ1) is 11.1. The van der Waals surface area contributed by atoms with E-state index in [1.165, 1.54) is 18.4 Å². The molecule has 2 rings (SSSR count). The summed E-state index contributed by atoms with van der Waals surface area (Å²) in [6, 6.07) is 8.55. The van der Waals surface area contributed by atoms with Gasteiger partial charge >= 0.3 is 0 Å². The lowest BCUT2D eigenvalue weighted by Gasteiger charge is -2.30. The number of nitrogens with one attached hydrogen (secondary N) is 1. The fraction of sp³-hybridized carbons (Fsp3) is 0.500. The summed E-state index contributed by atoms with van der Waals surface area (Å²) in [6.45, 7) is 1.84. The largest absolute Gasteiger partial charge is 0.330 e. The molecule has 1 aromatic rings. The lowest BCUT2D eigenvalue weighted by Crippen LogP contribution is -2.38. The van der Waals surface area contributed by atoms with E-state index < -0.39 is 0 Å². The highest BCUT2D eigenvalue weighted by Crippen LogP contribution is 2.34. The Labute approximate surface area is 99.4 Å². The summed E-state index contributed by atoms with van der Waals surface area (Å²) in [5.74, 6) is 0. The van der Waals surface area contributed by atoms with E-state index in [0.717, 1.165) is 24.0 Å². The Morgan fingerprint density at radius 1 is 1.47 bits per heavy atom. The first-order valence-electron chi connectivity index (χ1n) is 5.48. The third-order valence-corrected chi connectivity index (χ3v) is 3.69. The maximum atomic E-state index is 5.72. The molecule has 0 bridgehead atoms. The summed E-state index contributed by atoms with van der Waals surface area (Å²) < 4.78 is 1.14. The van der Waals surface area contributed by atoms with Crippen LogP contribution in [0.15, 0.2) is 28.7 Å². The molecule has 82 valence electrons. The Balaban J connectivity index is 2.31. The third-order valence-electron chi connectivity index (χ3n) is 3.19. The van der Waals surface area contributed by atoms with Crippen molar-refractivity contribution in [3.05, 3.63) is 34.3 Å². The number of benzene rings is 1. The molecule has 0 radical (unpaired) electrons. The maximum absolute atomic E-state index is 5.72. The van der Waals surface area contributed by atoms with E-state index in [-0.39, 0.29) is 5.54 Å². The molecule has 15 heavy (non-hydrogen) atoms. The van der Waals surface area contributed by atoms with Crippen molar-refractivity contribution in [2.45, 2.75) is 24.8 Å². The molecular formula is C12H17BrN2. The Kier molecular flexibility index (Phi) is 3.44. The summed E-state index contributed by atoms with van der Waals surface area (Å²) >= 11 is 3.53. The van der Waals surface area contributed by atoms with Crippen LogP contribution in [0.3, 0.4) is 0 Å². The third kappa shape index (κ3) is 2.25. The van der Waals surface area contributed by atoms with Gasteiger partial charge in [-0.15, -0.1) is 0 Å². The van der Waals surface area contributed by atoms with Crippen LogP contribution in [0.2, 0.25) is 0 Å². The van der Waals surface area contributed by atoms with Gasteiger partial charge in [-0.3, -0.25) is 0 Å². The van der Waals surface area contributed by atoms with Gasteiger partial charge in [-0.25, -0.2) is 0 Å². The average Bonchev–Trinajstić information content (AvgIpc) is 2.68. The molecular weight excluding hydrogens is 252 g/mol. The zero-order valence-electron chi connectivity index (χ0n) is 8.80. The van der Waals surface area contributed by atoms with E-state index >= 15 is 0 Å². The standard InChI is InChI=1S/C12H17BrN2/c13-11-4-1-3-10(9-11)12(6-7-14)5-2-8-15-12/h1,3-4,9,15H,2,5-8,14H2. The predicted molar refractivity (Wildman–Crippen MR) is 66.7 cm³/mol. The molecule has 1 saturated heterocycles. The predicted octanol–water partition coefficient (Wildman–Crippen LogP) is 2.38. The van der Waals surface area contributed by atoms with Crippen molar-refractivity contribution >= 4 is 15.9 Å². The summed E-state index contributed by atoms with van der Waals surface area (Å²) in [4.78, 5) is 0. The number of nitrogens with two attached hydrogens (primary N) is 1. The van der Waals surface area contributed by atoms with Crippen molar-refractivity contribution in [1.29, 1.82) is 0 Å². The Bertz CT molecular complexity index is 332. The molecule has 1 atom stereocenters. The van der Waals surface area contributed by atoms with Crippen LogP contribution in [0.25, 0.3) is 0 Å². The second kappa shape index (κ2) is 4.64. The molecule has 0 amide bonds. The van der Waals surface area contributed by atoms with Gasteiger partial charge in [0.25, 0.3) is 0 Å². The van der Waals surface area contributed by atoms with Gasteiger partial charge in [0.2, 0.25) is 0 Å². The van der Waals surface area contributed by atoms with E-state index in [1.807, 2.05) is 0 Å². The highest BCUT2D eigenvalue weighted by atomic mass is 79.9. The summed E-state index contributed by atoms with van der Waals surface area (Å²) in [5, 5.41) is 3.61. The Morgan fingerprint density at radius 2 is 2.33 bits per heavy atom. The monoisotopic (exact) mass is 268 g/mol. The van der Waals surface area contributed by atoms with Crippen molar-refractivity contribution in [2.75, 3.05) is 13.1 Å². The Hall–Kier alpha value is -0.380. The lowest BCUT2D eigenvalue weighted by atomic mass is 9.85. The van der Waals surface area contributed by atoms with Gasteiger partial charge in [-0.2, -0.15) is 0 Å². The minimum atomic E-state index is 0.124. The topological polar surface area (TPSA) is 38.0 Å². The molecule has 1 heterocycles. The van der Waals surface area contributed by atoms with E-state index in [0.29, 0.717) is 0 Å². The van der Waals surface area contributed by atoms with Crippen molar-refractivity contribution in [3.8, 4) is 0 Å². The second-order valence-electron chi connectivity index (χ2n) is 4.16. The molecule has 1 fully saturated rings. The molecule has 1 unspecified atom stereocenters. The number of rotatable bonds is 3. The summed E-state index contributed by atoms with van der Waals surface area (Å²) in [6.07, 6.45) is 3.45. The van der Waals surface area contributed by atoms with E-state index in [1.54, 1.807) is 0 Å². The van der Waals surface area contributed by atoms with Crippen LogP contribution in [0.1, 0.15) is 24.8 Å². The fourth-order valence-corrected chi connectivity index (χ4v) is 2.84. The van der Waals surface area contributed by atoms with Gasteiger partial charge < -0.3 is 11.1 Å². The number of hydrogen-bond donors (Lipinski definition) is 2. The molecule has 2 nitrogen and oxygen atoms in total. The lowest BCUT2D eigenvalue weighted by molar-refractivity contribution is 0.365. The first-order valence-corrected chi connectivity index (χ1v) is 6.27.